The molecule has 8 heteroatoms. The van der Waals surface area contributed by atoms with Gasteiger partial charge in [0.25, 0.3) is 5.56 Å². The number of aliphatic carboxylic acids is 1. The number of fused-ring (bicyclic) bond motifs is 1. The average Bonchev–Trinajstić information content (AvgIpc) is 3.14. The average molecular weight is 404 g/mol. The highest BCUT2D eigenvalue weighted by atomic mass is 16.5. The number of hydrogen-bond acceptors (Lipinski definition) is 5. The number of carboxylic acid groups (broad SMARTS) is 1. The molecule has 2 aromatic heterocycles. The summed E-state index contributed by atoms with van der Waals surface area (Å²) in [5.74, 6) is 0.915. The molecule has 0 spiro atoms. The Bertz CT molecular complexity index is 1280. The molecule has 152 valence electrons. The van der Waals surface area contributed by atoms with Crippen LogP contribution in [0.25, 0.3) is 28.2 Å². The molecule has 4 rings (SSSR count). The van der Waals surface area contributed by atoms with Crippen molar-refractivity contribution in [1.82, 2.24) is 19.3 Å². The van der Waals surface area contributed by atoms with E-state index in [1.807, 2.05) is 53.1 Å². The van der Waals surface area contributed by atoms with E-state index >= 15 is 0 Å². The number of carbonyl (C=O) groups is 1. The molecule has 0 amide bonds. The smallest absolute Gasteiger partial charge is 0.303 e. The summed E-state index contributed by atoms with van der Waals surface area (Å²) in [6, 6.07) is 18.3. The lowest BCUT2D eigenvalue weighted by atomic mass is 10.2. The van der Waals surface area contributed by atoms with Crippen LogP contribution in [0.15, 0.2) is 65.5 Å². The molecule has 0 saturated carbocycles. The largest absolute Gasteiger partial charge is 0.496 e. The van der Waals surface area contributed by atoms with Gasteiger partial charge in [-0.15, -0.1) is 0 Å². The van der Waals surface area contributed by atoms with Gasteiger partial charge in [0.2, 0.25) is 0 Å². The van der Waals surface area contributed by atoms with Gasteiger partial charge in [0.05, 0.1) is 23.7 Å². The van der Waals surface area contributed by atoms with E-state index in [4.69, 9.17) is 14.8 Å². The van der Waals surface area contributed by atoms with E-state index in [9.17, 15) is 9.59 Å². The van der Waals surface area contributed by atoms with Crippen molar-refractivity contribution in [1.29, 1.82) is 0 Å². The molecule has 2 heterocycles. The van der Waals surface area contributed by atoms with E-state index in [1.54, 1.807) is 13.2 Å². The number of nitrogens with zero attached hydrogens (tertiary/aromatic N) is 4. The fourth-order valence-electron chi connectivity index (χ4n) is 3.37. The van der Waals surface area contributed by atoms with Gasteiger partial charge in [0.1, 0.15) is 5.75 Å². The number of para-hydroxylation sites is 3. The van der Waals surface area contributed by atoms with Crippen LogP contribution in [0.2, 0.25) is 0 Å². The second kappa shape index (κ2) is 8.20. The molecule has 0 aliphatic rings. The first-order valence-electron chi connectivity index (χ1n) is 9.49. The van der Waals surface area contributed by atoms with E-state index in [0.717, 1.165) is 16.6 Å². The Labute approximate surface area is 172 Å². The summed E-state index contributed by atoms with van der Waals surface area (Å²) >= 11 is 0. The van der Waals surface area contributed by atoms with Crippen LogP contribution in [0.1, 0.15) is 12.8 Å². The predicted octanol–water partition coefficient (Wildman–Crippen LogP) is 3.12. The molecule has 8 nitrogen and oxygen atoms in total. The third-order valence-electron chi connectivity index (χ3n) is 4.75. The topological polar surface area (TPSA) is 99.2 Å². The number of ether oxygens (including phenoxy) is 1. The van der Waals surface area contributed by atoms with Crippen molar-refractivity contribution in [3.63, 3.8) is 0 Å². The molecule has 0 fully saturated rings. The van der Waals surface area contributed by atoms with Gasteiger partial charge in [-0.2, -0.15) is 5.10 Å². The molecule has 0 aliphatic carbocycles. The van der Waals surface area contributed by atoms with Gasteiger partial charge in [-0.1, -0.05) is 24.3 Å². The fourth-order valence-corrected chi connectivity index (χ4v) is 3.37. The van der Waals surface area contributed by atoms with Crippen LogP contribution in [-0.2, 0) is 11.3 Å². The first-order chi connectivity index (χ1) is 14.6. The third kappa shape index (κ3) is 3.67. The minimum absolute atomic E-state index is 0.0290. The number of carboxylic acids is 1. The maximum atomic E-state index is 12.2. The zero-order valence-electron chi connectivity index (χ0n) is 16.4. The Hall–Kier alpha value is -3.94. The second-order valence-corrected chi connectivity index (χ2v) is 6.71. The molecule has 0 atom stereocenters. The van der Waals surface area contributed by atoms with Crippen molar-refractivity contribution in [3.05, 3.63) is 71.0 Å². The lowest BCUT2D eigenvalue weighted by Gasteiger charge is -2.12. The number of aryl methyl sites for hydroxylation is 1. The molecular weight excluding hydrogens is 384 g/mol. The lowest BCUT2D eigenvalue weighted by Crippen LogP contribution is -2.24. The zero-order valence-corrected chi connectivity index (χ0v) is 16.4. The highest BCUT2D eigenvalue weighted by molar-refractivity contribution is 5.84. The van der Waals surface area contributed by atoms with E-state index < -0.39 is 5.97 Å². The summed E-state index contributed by atoms with van der Waals surface area (Å²) in [6.07, 6.45) is 0.286. The first kappa shape index (κ1) is 19.4. The van der Waals surface area contributed by atoms with Crippen LogP contribution in [0, 0.1) is 0 Å². The zero-order chi connectivity index (χ0) is 21.1. The molecule has 4 aromatic rings. The second-order valence-electron chi connectivity index (χ2n) is 6.71. The summed E-state index contributed by atoms with van der Waals surface area (Å²) < 4.78 is 8.69. The van der Waals surface area contributed by atoms with Gasteiger partial charge in [-0.05, 0) is 36.8 Å². The third-order valence-corrected chi connectivity index (χ3v) is 4.75. The SMILES string of the molecule is COc1ccccc1-c1nc2ccccc2n1-c1ccc(=O)n(CCCC(=O)O)n1. The number of methoxy groups -OCH3 is 1. The van der Waals surface area contributed by atoms with Crippen molar-refractivity contribution in [2.75, 3.05) is 7.11 Å². The van der Waals surface area contributed by atoms with Crippen molar-refractivity contribution < 1.29 is 14.6 Å². The Morgan fingerprint density at radius 2 is 1.83 bits per heavy atom. The Morgan fingerprint density at radius 3 is 2.63 bits per heavy atom. The van der Waals surface area contributed by atoms with Gasteiger partial charge in [0, 0.05) is 19.0 Å². The quantitative estimate of drug-likeness (QED) is 0.508. The standard InChI is InChI=1S/C22H20N4O4/c1-30-18-10-5-2-7-15(18)22-23-16-8-3-4-9-17(16)26(22)19-12-13-20(27)25(24-19)14-6-11-21(28)29/h2-5,7-10,12-13H,6,11,14H2,1H3,(H,28,29). The van der Waals surface area contributed by atoms with Crippen LogP contribution >= 0.6 is 0 Å². The normalized spacial score (nSPS) is 11.0. The van der Waals surface area contributed by atoms with Crippen LogP contribution in [0.3, 0.4) is 0 Å². The minimum atomic E-state index is -0.904. The Morgan fingerprint density at radius 1 is 1.07 bits per heavy atom. The van der Waals surface area contributed by atoms with Crippen LogP contribution in [0.5, 0.6) is 5.75 Å². The predicted molar refractivity (Wildman–Crippen MR) is 112 cm³/mol. The summed E-state index contributed by atoms with van der Waals surface area (Å²) in [6.45, 7) is 0.218. The van der Waals surface area contributed by atoms with Crippen molar-refractivity contribution >= 4 is 17.0 Å². The summed E-state index contributed by atoms with van der Waals surface area (Å²) in [7, 11) is 1.60. The van der Waals surface area contributed by atoms with Gasteiger partial charge >= 0.3 is 5.97 Å². The van der Waals surface area contributed by atoms with Crippen molar-refractivity contribution in [2.24, 2.45) is 0 Å². The highest BCUT2D eigenvalue weighted by Crippen LogP contribution is 2.33. The van der Waals surface area contributed by atoms with Crippen LogP contribution in [-0.4, -0.2) is 37.5 Å². The Balaban J connectivity index is 1.88. The number of hydrogen-bond donors (Lipinski definition) is 1. The van der Waals surface area contributed by atoms with E-state index in [0.29, 0.717) is 23.8 Å². The van der Waals surface area contributed by atoms with Gasteiger partial charge < -0.3 is 9.84 Å². The number of aromatic nitrogens is 4. The Kier molecular flexibility index (Phi) is 5.30. The summed E-state index contributed by atoms with van der Waals surface area (Å²) in [5.41, 5.74) is 2.12. The molecule has 1 N–H and O–H groups in total. The summed E-state index contributed by atoms with van der Waals surface area (Å²) in [4.78, 5) is 27.8. The molecule has 0 saturated heterocycles. The van der Waals surface area contributed by atoms with Crippen molar-refractivity contribution in [3.8, 4) is 23.0 Å². The van der Waals surface area contributed by atoms with E-state index in [-0.39, 0.29) is 18.5 Å². The number of rotatable bonds is 7. The summed E-state index contributed by atoms with van der Waals surface area (Å²) in [5, 5.41) is 13.4. The molecule has 0 bridgehead atoms. The maximum absolute atomic E-state index is 12.2. The molecule has 0 radical (unpaired) electrons. The molecule has 2 aromatic carbocycles. The number of benzene rings is 2. The number of imidazole rings is 1. The highest BCUT2D eigenvalue weighted by Gasteiger charge is 2.18. The van der Waals surface area contributed by atoms with E-state index in [2.05, 4.69) is 5.10 Å². The van der Waals surface area contributed by atoms with Gasteiger partial charge in [-0.3, -0.25) is 14.2 Å². The molecule has 0 aliphatic heterocycles. The van der Waals surface area contributed by atoms with Crippen LogP contribution < -0.4 is 10.3 Å². The van der Waals surface area contributed by atoms with Crippen molar-refractivity contribution in [2.45, 2.75) is 19.4 Å². The van der Waals surface area contributed by atoms with Gasteiger partial charge in [-0.25, -0.2) is 9.67 Å². The van der Waals surface area contributed by atoms with E-state index in [1.165, 1.54) is 10.7 Å². The minimum Gasteiger partial charge on any atom is -0.496 e. The molecule has 0 unspecified atom stereocenters. The molecular formula is C22H20N4O4. The lowest BCUT2D eigenvalue weighted by molar-refractivity contribution is -0.137. The van der Waals surface area contributed by atoms with Gasteiger partial charge in [0.15, 0.2) is 11.6 Å². The monoisotopic (exact) mass is 404 g/mol. The molecule has 30 heavy (non-hydrogen) atoms. The fraction of sp³-hybridized carbons (Fsp3) is 0.182. The van der Waals surface area contributed by atoms with Crippen LogP contribution in [0.4, 0.5) is 0 Å². The maximum Gasteiger partial charge on any atom is 0.303 e. The first-order valence-corrected chi connectivity index (χ1v) is 9.49.